The molecule has 6 nitrogen and oxygen atoms in total. The average molecular weight is 315 g/mol. The zero-order valence-electron chi connectivity index (χ0n) is 12.6. The average Bonchev–Trinajstić information content (AvgIpc) is 2.82. The lowest BCUT2D eigenvalue weighted by Gasteiger charge is -2.19. The Labute approximate surface area is 124 Å². The van der Waals surface area contributed by atoms with Gasteiger partial charge >= 0.3 is 5.97 Å². The molecular weight excluding hydrogens is 294 g/mol. The third kappa shape index (κ3) is 2.85. The van der Waals surface area contributed by atoms with Gasteiger partial charge in [-0.3, -0.25) is 0 Å². The zero-order valence-corrected chi connectivity index (χ0v) is 13.5. The Balaban J connectivity index is 2.39. The van der Waals surface area contributed by atoms with Crippen molar-refractivity contribution in [2.24, 2.45) is 11.8 Å². The predicted molar refractivity (Wildman–Crippen MR) is 76.8 cm³/mol. The molecule has 0 aromatic carbocycles. The second kappa shape index (κ2) is 5.46. The summed E-state index contributed by atoms with van der Waals surface area (Å²) in [4.78, 5) is 11.1. The van der Waals surface area contributed by atoms with E-state index < -0.39 is 16.0 Å². The summed E-state index contributed by atoms with van der Waals surface area (Å²) in [6, 6.07) is -0.166. The Kier molecular flexibility index (Phi) is 4.17. The first-order valence-corrected chi connectivity index (χ1v) is 8.49. The van der Waals surface area contributed by atoms with E-state index in [2.05, 4.69) is 11.6 Å². The molecule has 0 radical (unpaired) electrons. The van der Waals surface area contributed by atoms with Crippen molar-refractivity contribution < 1.29 is 22.7 Å². The molecule has 1 fully saturated rings. The van der Waals surface area contributed by atoms with Gasteiger partial charge in [-0.25, -0.2) is 17.9 Å². The third-order valence-corrected chi connectivity index (χ3v) is 6.10. The lowest BCUT2D eigenvalue weighted by Crippen LogP contribution is -2.38. The normalized spacial score (nSPS) is 26.2. The van der Waals surface area contributed by atoms with Crippen molar-refractivity contribution in [3.63, 3.8) is 0 Å². The van der Waals surface area contributed by atoms with E-state index >= 15 is 0 Å². The molecule has 2 N–H and O–H groups in total. The van der Waals surface area contributed by atoms with Crippen molar-refractivity contribution in [3.05, 3.63) is 17.1 Å². The van der Waals surface area contributed by atoms with Crippen LogP contribution in [0.2, 0.25) is 0 Å². The van der Waals surface area contributed by atoms with Crippen molar-refractivity contribution in [3.8, 4) is 0 Å². The smallest absolute Gasteiger partial charge is 0.340 e. The first-order valence-electron chi connectivity index (χ1n) is 7.00. The molecule has 118 valence electrons. The summed E-state index contributed by atoms with van der Waals surface area (Å²) in [5.74, 6) is -0.410. The number of nitrogens with one attached hydrogen (secondary N) is 1. The molecule has 3 unspecified atom stereocenters. The first kappa shape index (κ1) is 16.0. The van der Waals surface area contributed by atoms with Gasteiger partial charge in [0.25, 0.3) is 0 Å². The van der Waals surface area contributed by atoms with Crippen LogP contribution in [0.15, 0.2) is 9.31 Å². The Bertz CT molecular complexity index is 661. The number of carboxylic acids is 1. The van der Waals surface area contributed by atoms with Gasteiger partial charge in [0.15, 0.2) is 0 Å². The van der Waals surface area contributed by atoms with E-state index in [-0.39, 0.29) is 33.9 Å². The van der Waals surface area contributed by atoms with Crippen LogP contribution in [0.3, 0.4) is 0 Å². The minimum Gasteiger partial charge on any atom is -0.478 e. The highest BCUT2D eigenvalue weighted by atomic mass is 32.2. The summed E-state index contributed by atoms with van der Waals surface area (Å²) in [5, 5.41) is 9.23. The fourth-order valence-electron chi connectivity index (χ4n) is 3.02. The van der Waals surface area contributed by atoms with Gasteiger partial charge in [0.2, 0.25) is 10.0 Å². The Morgan fingerprint density at radius 3 is 2.33 bits per heavy atom. The van der Waals surface area contributed by atoms with Crippen molar-refractivity contribution in [2.45, 2.75) is 51.5 Å². The fraction of sp³-hybridized carbons (Fsp3) is 0.643. The minimum absolute atomic E-state index is 0.105. The summed E-state index contributed by atoms with van der Waals surface area (Å²) >= 11 is 0. The molecule has 1 heterocycles. The molecule has 0 amide bonds. The summed E-state index contributed by atoms with van der Waals surface area (Å²) in [6.45, 7) is 7.02. The molecule has 2 rings (SSSR count). The Morgan fingerprint density at radius 1 is 1.24 bits per heavy atom. The van der Waals surface area contributed by atoms with Crippen LogP contribution in [0.5, 0.6) is 0 Å². The lowest BCUT2D eigenvalue weighted by atomic mass is 9.98. The maximum Gasteiger partial charge on any atom is 0.340 e. The summed E-state index contributed by atoms with van der Waals surface area (Å²) < 4.78 is 33.0. The van der Waals surface area contributed by atoms with E-state index in [1.165, 1.54) is 13.8 Å². The highest BCUT2D eigenvalue weighted by Gasteiger charge is 2.36. The topological polar surface area (TPSA) is 96.6 Å². The molecule has 3 atom stereocenters. The van der Waals surface area contributed by atoms with Crippen molar-refractivity contribution in [2.75, 3.05) is 0 Å². The molecule has 21 heavy (non-hydrogen) atoms. The number of sulfonamides is 1. The van der Waals surface area contributed by atoms with Crippen LogP contribution in [0.4, 0.5) is 0 Å². The lowest BCUT2D eigenvalue weighted by molar-refractivity contribution is 0.0691. The maximum atomic E-state index is 12.6. The largest absolute Gasteiger partial charge is 0.478 e. The molecule has 0 bridgehead atoms. The number of carboxylic acid groups (broad SMARTS) is 1. The van der Waals surface area contributed by atoms with Crippen molar-refractivity contribution in [1.82, 2.24) is 4.72 Å². The molecule has 0 spiro atoms. The number of rotatable bonds is 4. The molecule has 1 saturated carbocycles. The molecular formula is C14H21NO5S. The van der Waals surface area contributed by atoms with Crippen LogP contribution in [-0.2, 0) is 10.0 Å². The standard InChI is InChI=1S/C14H21NO5S/c1-7-5-6-11(8(7)2)15-21(18,19)13-10(4)20-9(3)12(13)14(16)17/h7-8,11,15H,5-6H2,1-4H3,(H,16,17). The number of carbonyl (C=O) groups is 1. The van der Waals surface area contributed by atoms with Gasteiger partial charge in [-0.15, -0.1) is 0 Å². The third-order valence-electron chi connectivity index (χ3n) is 4.46. The van der Waals surface area contributed by atoms with E-state index in [0.717, 1.165) is 12.8 Å². The van der Waals surface area contributed by atoms with Crippen LogP contribution in [0, 0.1) is 25.7 Å². The maximum absolute atomic E-state index is 12.6. The van der Waals surface area contributed by atoms with E-state index in [1.807, 2.05) is 6.92 Å². The van der Waals surface area contributed by atoms with Gasteiger partial charge in [-0.1, -0.05) is 13.8 Å². The zero-order chi connectivity index (χ0) is 15.9. The minimum atomic E-state index is -3.91. The van der Waals surface area contributed by atoms with Crippen molar-refractivity contribution >= 4 is 16.0 Å². The van der Waals surface area contributed by atoms with Crippen LogP contribution in [-0.4, -0.2) is 25.5 Å². The molecule has 1 aromatic heterocycles. The van der Waals surface area contributed by atoms with E-state index in [4.69, 9.17) is 4.42 Å². The van der Waals surface area contributed by atoms with Crippen molar-refractivity contribution in [1.29, 1.82) is 0 Å². The first-order chi connectivity index (χ1) is 9.65. The molecule has 0 saturated heterocycles. The summed E-state index contributed by atoms with van der Waals surface area (Å²) in [6.07, 6.45) is 1.73. The van der Waals surface area contributed by atoms with Crippen LogP contribution < -0.4 is 4.72 Å². The van der Waals surface area contributed by atoms with Crippen LogP contribution in [0.1, 0.15) is 48.6 Å². The second-order valence-corrected chi connectivity index (χ2v) is 7.52. The second-order valence-electron chi connectivity index (χ2n) is 5.87. The van der Waals surface area contributed by atoms with Gasteiger partial charge < -0.3 is 9.52 Å². The number of hydrogen-bond acceptors (Lipinski definition) is 4. The Morgan fingerprint density at radius 2 is 1.86 bits per heavy atom. The SMILES string of the molecule is Cc1oc(C)c(S(=O)(=O)NC2CCC(C)C2C)c1C(=O)O. The number of hydrogen-bond donors (Lipinski definition) is 2. The quantitative estimate of drug-likeness (QED) is 0.888. The monoisotopic (exact) mass is 315 g/mol. The Hall–Kier alpha value is -1.34. The summed E-state index contributed by atoms with van der Waals surface area (Å²) in [5.41, 5.74) is -0.279. The van der Waals surface area contributed by atoms with Gasteiger partial charge in [0.1, 0.15) is 22.0 Å². The predicted octanol–water partition coefficient (Wildman–Crippen LogP) is 2.31. The fourth-order valence-corrected chi connectivity index (χ4v) is 4.79. The van der Waals surface area contributed by atoms with Gasteiger partial charge in [-0.2, -0.15) is 0 Å². The molecule has 7 heteroatoms. The van der Waals surface area contributed by atoms with Crippen LogP contribution >= 0.6 is 0 Å². The van der Waals surface area contributed by atoms with E-state index in [0.29, 0.717) is 5.92 Å². The van der Waals surface area contributed by atoms with E-state index in [1.54, 1.807) is 0 Å². The molecule has 0 aliphatic heterocycles. The van der Waals surface area contributed by atoms with E-state index in [9.17, 15) is 18.3 Å². The highest BCUT2D eigenvalue weighted by molar-refractivity contribution is 7.89. The number of aromatic carboxylic acids is 1. The molecule has 1 aliphatic rings. The van der Waals surface area contributed by atoms with Crippen LogP contribution in [0.25, 0.3) is 0 Å². The number of aryl methyl sites for hydroxylation is 2. The van der Waals surface area contributed by atoms with Gasteiger partial charge in [0, 0.05) is 6.04 Å². The van der Waals surface area contributed by atoms with Gasteiger partial charge in [0.05, 0.1) is 0 Å². The molecule has 1 aromatic rings. The molecule has 1 aliphatic carbocycles. The summed E-state index contributed by atoms with van der Waals surface area (Å²) in [7, 11) is -3.91. The number of furan rings is 1. The van der Waals surface area contributed by atoms with Gasteiger partial charge in [-0.05, 0) is 38.5 Å². The highest BCUT2D eigenvalue weighted by Crippen LogP contribution is 2.33.